The number of carboxylic acids is 4. The molecule has 0 bridgehead atoms. The van der Waals surface area contributed by atoms with Gasteiger partial charge in [-0.25, -0.2) is 0 Å². The predicted octanol–water partition coefficient (Wildman–Crippen LogP) is 4.31. The van der Waals surface area contributed by atoms with Crippen molar-refractivity contribution in [3.8, 4) is 0 Å². The summed E-state index contributed by atoms with van der Waals surface area (Å²) >= 11 is 0. The number of carbonyl (C=O) groups is 6. The molecule has 12 nitrogen and oxygen atoms in total. The quantitative estimate of drug-likeness (QED) is 0.0667. The van der Waals surface area contributed by atoms with Gasteiger partial charge in [-0.1, -0.05) is 168 Å². The van der Waals surface area contributed by atoms with Gasteiger partial charge in [-0.3, -0.25) is 9.59 Å². The van der Waals surface area contributed by atoms with Gasteiger partial charge in [-0.2, -0.15) is 0 Å². The molecule has 0 spiro atoms. The van der Waals surface area contributed by atoms with Crippen LogP contribution in [0, 0.1) is 0 Å². The van der Waals surface area contributed by atoms with E-state index < -0.39 is 48.8 Å². The van der Waals surface area contributed by atoms with Gasteiger partial charge in [0.05, 0.1) is 24.0 Å². The standard InChI is InChI=1S/2C21H39NO5.Mg/c2*1-2-3-4-5-6-7-8-9-10-11-12-13-14-15-19(23)22-18(21(26)27)16-17-20(24)25;/h2*18H,2-17H2,1H3,(H,22,23)(H,24,25)(H,26,27);/q;;+2/p-2. The van der Waals surface area contributed by atoms with Crippen molar-refractivity contribution >= 4 is 58.7 Å². The van der Waals surface area contributed by atoms with Crippen LogP contribution in [0.15, 0.2) is 0 Å². The maximum atomic E-state index is 11.7. The SMILES string of the molecule is CCCCCCCCCCCCCCCC(=O)NC(CCC(=O)[O-])C(=O)[O-].CCCCCCCCCCCCCCCC(=O)NC(CCC(=O)[O-])C(=O)[O-].[H+].[H+].[Mg+2]. The van der Waals surface area contributed by atoms with Crippen molar-refractivity contribution in [1.82, 2.24) is 10.6 Å². The molecule has 0 aromatic carbocycles. The Balaban J connectivity index is -0.000000300. The summed E-state index contributed by atoms with van der Waals surface area (Å²) in [7, 11) is 0. The van der Waals surface area contributed by atoms with Gasteiger partial charge in [0, 0.05) is 24.8 Å². The molecule has 2 amide bonds. The van der Waals surface area contributed by atoms with E-state index in [1.807, 2.05) is 0 Å². The molecule has 0 aromatic heterocycles. The zero-order chi connectivity index (χ0) is 40.7. The van der Waals surface area contributed by atoms with Gasteiger partial charge in [0.2, 0.25) is 11.8 Å². The summed E-state index contributed by atoms with van der Waals surface area (Å²) in [6.45, 7) is 4.47. The third-order valence-corrected chi connectivity index (χ3v) is 9.53. The molecule has 0 aromatic rings. The average molecular weight is 793 g/mol. The molecule has 55 heavy (non-hydrogen) atoms. The summed E-state index contributed by atoms with van der Waals surface area (Å²) in [6, 6.07) is -2.53. The first-order valence-corrected chi connectivity index (χ1v) is 21.3. The van der Waals surface area contributed by atoms with Crippen LogP contribution in [-0.2, 0) is 28.8 Å². The first-order valence-electron chi connectivity index (χ1n) is 21.3. The topological polar surface area (TPSA) is 219 Å². The van der Waals surface area contributed by atoms with Gasteiger partial charge >= 0.3 is 25.9 Å². The van der Waals surface area contributed by atoms with Crippen LogP contribution in [-0.4, -0.2) is 70.8 Å². The van der Waals surface area contributed by atoms with Crippen molar-refractivity contribution in [3.05, 3.63) is 0 Å². The van der Waals surface area contributed by atoms with Crippen LogP contribution in [0.25, 0.3) is 0 Å². The summed E-state index contributed by atoms with van der Waals surface area (Å²) in [5.41, 5.74) is 0. The summed E-state index contributed by atoms with van der Waals surface area (Å²) in [4.78, 5) is 66.0. The molecule has 2 atom stereocenters. The minimum absolute atomic E-state index is 0. The maximum absolute atomic E-state index is 11.7. The molecule has 0 saturated carbocycles. The van der Waals surface area contributed by atoms with Crippen LogP contribution in [0.3, 0.4) is 0 Å². The Morgan fingerprint density at radius 3 is 0.800 bits per heavy atom. The smallest absolute Gasteiger partial charge is 0.550 e. The first kappa shape index (κ1) is 56.9. The molecule has 0 aliphatic carbocycles. The van der Waals surface area contributed by atoms with Crippen molar-refractivity contribution in [3.63, 3.8) is 0 Å². The van der Waals surface area contributed by atoms with Gasteiger partial charge in [0.1, 0.15) is 0 Å². The molecule has 0 heterocycles. The molecule has 0 rings (SSSR count). The summed E-state index contributed by atoms with van der Waals surface area (Å²) in [5.74, 6) is -6.35. The largest absolute Gasteiger partial charge is 2.00 e. The second-order valence-electron chi connectivity index (χ2n) is 14.7. The molecule has 316 valence electrons. The Morgan fingerprint density at radius 1 is 0.382 bits per heavy atom. The number of hydrogen-bond acceptors (Lipinski definition) is 10. The summed E-state index contributed by atoms with van der Waals surface area (Å²) < 4.78 is 0. The molecule has 0 aliphatic rings. The molecule has 0 radical (unpaired) electrons. The Morgan fingerprint density at radius 2 is 0.600 bits per heavy atom. The second kappa shape index (κ2) is 42.7. The molecule has 2 unspecified atom stereocenters. The molecular weight excluding hydrogens is 717 g/mol. The fraction of sp³-hybridized carbons (Fsp3) is 0.857. The van der Waals surface area contributed by atoms with Gasteiger partial charge in [-0.15, -0.1) is 0 Å². The minimum Gasteiger partial charge on any atom is -0.550 e. The normalized spacial score (nSPS) is 11.7. The average Bonchev–Trinajstić information content (AvgIpc) is 3.12. The zero-order valence-corrected chi connectivity index (χ0v) is 36.0. The molecule has 0 saturated heterocycles. The number of carboxylic acid groups (broad SMARTS) is 4. The number of unbranched alkanes of at least 4 members (excludes halogenated alkanes) is 24. The fourth-order valence-corrected chi connectivity index (χ4v) is 6.16. The van der Waals surface area contributed by atoms with Crippen molar-refractivity contribution in [2.24, 2.45) is 0 Å². The Kier molecular flexibility index (Phi) is 44.2. The molecular formula is C42H76MgN2O10. The van der Waals surface area contributed by atoms with E-state index in [0.29, 0.717) is 12.8 Å². The third-order valence-electron chi connectivity index (χ3n) is 9.53. The van der Waals surface area contributed by atoms with E-state index in [0.717, 1.165) is 25.7 Å². The van der Waals surface area contributed by atoms with Crippen molar-refractivity contribution in [1.29, 1.82) is 0 Å². The number of aliphatic carboxylic acids is 4. The first-order chi connectivity index (χ1) is 25.9. The van der Waals surface area contributed by atoms with Crippen LogP contribution in [0.5, 0.6) is 0 Å². The molecule has 2 N–H and O–H groups in total. The fourth-order valence-electron chi connectivity index (χ4n) is 6.16. The Labute approximate surface area is 351 Å². The maximum Gasteiger partial charge on any atom is 2.00 e. The third kappa shape index (κ3) is 44.2. The van der Waals surface area contributed by atoms with E-state index >= 15 is 0 Å². The van der Waals surface area contributed by atoms with E-state index in [2.05, 4.69) is 24.5 Å². The van der Waals surface area contributed by atoms with E-state index in [9.17, 15) is 49.2 Å². The van der Waals surface area contributed by atoms with Crippen LogP contribution >= 0.6 is 0 Å². The van der Waals surface area contributed by atoms with E-state index in [-0.39, 0.29) is 63.4 Å². The van der Waals surface area contributed by atoms with Crippen LogP contribution in [0.2, 0.25) is 0 Å². The van der Waals surface area contributed by atoms with E-state index in [4.69, 9.17) is 0 Å². The van der Waals surface area contributed by atoms with Crippen molar-refractivity contribution in [2.45, 2.75) is 231 Å². The molecule has 0 fully saturated rings. The predicted molar refractivity (Wildman–Crippen MR) is 211 cm³/mol. The van der Waals surface area contributed by atoms with Gasteiger partial charge in [0.15, 0.2) is 0 Å². The van der Waals surface area contributed by atoms with E-state index in [1.165, 1.54) is 128 Å². The van der Waals surface area contributed by atoms with Crippen molar-refractivity contribution < 1.29 is 52.0 Å². The van der Waals surface area contributed by atoms with Gasteiger partial charge in [-0.05, 0) is 38.5 Å². The van der Waals surface area contributed by atoms with Crippen LogP contribution in [0.4, 0.5) is 0 Å². The monoisotopic (exact) mass is 793 g/mol. The molecule has 0 aliphatic heterocycles. The minimum atomic E-state index is -1.46. The second-order valence-corrected chi connectivity index (χ2v) is 14.7. The Hall–Kier alpha value is -2.41. The number of nitrogens with one attached hydrogen (secondary N) is 2. The van der Waals surface area contributed by atoms with Gasteiger partial charge in [0.25, 0.3) is 0 Å². The van der Waals surface area contributed by atoms with E-state index in [1.54, 1.807) is 0 Å². The van der Waals surface area contributed by atoms with Crippen molar-refractivity contribution in [2.75, 3.05) is 0 Å². The number of carbonyl (C=O) groups excluding carboxylic acids is 6. The van der Waals surface area contributed by atoms with Crippen LogP contribution < -0.4 is 31.1 Å². The van der Waals surface area contributed by atoms with Gasteiger partial charge < -0.3 is 50.2 Å². The number of hydrogen-bond donors (Lipinski definition) is 2. The number of amides is 2. The van der Waals surface area contributed by atoms with Crippen LogP contribution in [0.1, 0.15) is 222 Å². The zero-order valence-electron chi connectivity index (χ0n) is 36.6. The summed E-state index contributed by atoms with van der Waals surface area (Å²) in [5, 5.41) is 47.2. The number of rotatable bonds is 38. The molecule has 13 heteroatoms. The summed E-state index contributed by atoms with van der Waals surface area (Å²) in [6.07, 6.45) is 30.8. The Bertz CT molecular complexity index is 918.